The number of allylic oxidation sites excluding steroid dienone is 2. The van der Waals surface area contributed by atoms with Gasteiger partial charge in [-0.15, -0.1) is 0 Å². The van der Waals surface area contributed by atoms with Gasteiger partial charge in [-0.25, -0.2) is 0 Å². The molecular formula is C17H22N2. The SMILES string of the molecule is C=C(C)/C=C\C1=C(N)CCN(Cc2ccccc2)C1. The summed E-state index contributed by atoms with van der Waals surface area (Å²) < 4.78 is 0. The monoisotopic (exact) mass is 254 g/mol. The average Bonchev–Trinajstić information content (AvgIpc) is 2.40. The Bertz CT molecular complexity index is 497. The first-order valence-electron chi connectivity index (χ1n) is 6.72. The molecule has 0 aliphatic carbocycles. The van der Waals surface area contributed by atoms with E-state index in [1.165, 1.54) is 11.1 Å². The van der Waals surface area contributed by atoms with Crippen molar-refractivity contribution < 1.29 is 0 Å². The van der Waals surface area contributed by atoms with Crippen LogP contribution in [0.2, 0.25) is 0 Å². The fraction of sp³-hybridized carbons (Fsp3) is 0.294. The zero-order chi connectivity index (χ0) is 13.7. The minimum absolute atomic E-state index is 0.921. The topological polar surface area (TPSA) is 29.3 Å². The predicted octanol–water partition coefficient (Wildman–Crippen LogP) is 3.24. The van der Waals surface area contributed by atoms with E-state index in [-0.39, 0.29) is 0 Å². The molecule has 1 heterocycles. The maximum atomic E-state index is 6.09. The van der Waals surface area contributed by atoms with Crippen LogP contribution in [0.25, 0.3) is 0 Å². The van der Waals surface area contributed by atoms with Crippen LogP contribution in [0.4, 0.5) is 0 Å². The van der Waals surface area contributed by atoms with Crippen molar-refractivity contribution >= 4 is 0 Å². The number of nitrogens with two attached hydrogens (primary N) is 1. The summed E-state index contributed by atoms with van der Waals surface area (Å²) in [5.41, 5.74) is 10.7. The molecule has 1 aromatic rings. The van der Waals surface area contributed by atoms with E-state index in [9.17, 15) is 0 Å². The Kier molecular flexibility index (Phi) is 4.58. The summed E-state index contributed by atoms with van der Waals surface area (Å²) >= 11 is 0. The van der Waals surface area contributed by atoms with Crippen molar-refractivity contribution in [2.24, 2.45) is 5.73 Å². The van der Waals surface area contributed by atoms with Gasteiger partial charge in [0.25, 0.3) is 0 Å². The second kappa shape index (κ2) is 6.39. The van der Waals surface area contributed by atoms with Gasteiger partial charge >= 0.3 is 0 Å². The predicted molar refractivity (Wildman–Crippen MR) is 81.5 cm³/mol. The lowest BCUT2D eigenvalue weighted by molar-refractivity contribution is 0.279. The third kappa shape index (κ3) is 4.11. The molecule has 0 saturated heterocycles. The summed E-state index contributed by atoms with van der Waals surface area (Å²) in [6, 6.07) is 10.6. The van der Waals surface area contributed by atoms with Gasteiger partial charge in [0.05, 0.1) is 0 Å². The van der Waals surface area contributed by atoms with Gasteiger partial charge in [0.15, 0.2) is 0 Å². The summed E-state index contributed by atoms with van der Waals surface area (Å²) in [7, 11) is 0. The van der Waals surface area contributed by atoms with Gasteiger partial charge in [0.1, 0.15) is 0 Å². The minimum Gasteiger partial charge on any atom is -0.402 e. The Labute approximate surface area is 115 Å². The maximum absolute atomic E-state index is 6.09. The largest absolute Gasteiger partial charge is 0.402 e. The fourth-order valence-electron chi connectivity index (χ4n) is 2.24. The van der Waals surface area contributed by atoms with Gasteiger partial charge in [-0.05, 0) is 24.5 Å². The standard InChI is InChI=1S/C17H22N2/c1-14(2)8-9-16-13-19(11-10-17(16)18)12-15-6-4-3-5-7-15/h3-9H,1,10-13,18H2,2H3/b9-8-. The molecule has 2 nitrogen and oxygen atoms in total. The second-order valence-corrected chi connectivity index (χ2v) is 5.18. The van der Waals surface area contributed by atoms with Crippen molar-refractivity contribution in [3.8, 4) is 0 Å². The summed E-state index contributed by atoms with van der Waals surface area (Å²) in [4.78, 5) is 2.43. The van der Waals surface area contributed by atoms with E-state index < -0.39 is 0 Å². The quantitative estimate of drug-likeness (QED) is 0.836. The fourth-order valence-corrected chi connectivity index (χ4v) is 2.24. The molecule has 0 radical (unpaired) electrons. The van der Waals surface area contributed by atoms with Crippen LogP contribution >= 0.6 is 0 Å². The Morgan fingerprint density at radius 3 is 2.79 bits per heavy atom. The lowest BCUT2D eigenvalue weighted by atomic mass is 10.0. The van der Waals surface area contributed by atoms with Crippen molar-refractivity contribution in [2.75, 3.05) is 13.1 Å². The van der Waals surface area contributed by atoms with Crippen molar-refractivity contribution in [2.45, 2.75) is 19.9 Å². The molecule has 1 aliphatic heterocycles. The molecule has 1 aliphatic rings. The Hall–Kier alpha value is -1.80. The number of nitrogens with zero attached hydrogens (tertiary/aromatic N) is 1. The van der Waals surface area contributed by atoms with Gasteiger partial charge in [-0.2, -0.15) is 0 Å². The molecule has 1 aromatic carbocycles. The van der Waals surface area contributed by atoms with Gasteiger partial charge in [-0.3, -0.25) is 4.90 Å². The smallest absolute Gasteiger partial charge is 0.0254 e. The van der Waals surface area contributed by atoms with E-state index in [4.69, 9.17) is 5.73 Å². The summed E-state index contributed by atoms with van der Waals surface area (Å²) in [6.07, 6.45) is 5.09. The van der Waals surface area contributed by atoms with Crippen LogP contribution in [0.1, 0.15) is 18.9 Å². The molecule has 0 atom stereocenters. The highest BCUT2D eigenvalue weighted by atomic mass is 15.1. The van der Waals surface area contributed by atoms with Crippen molar-refractivity contribution in [3.05, 3.63) is 71.5 Å². The van der Waals surface area contributed by atoms with Crippen LogP contribution < -0.4 is 5.73 Å². The van der Waals surface area contributed by atoms with Crippen LogP contribution in [-0.4, -0.2) is 18.0 Å². The molecule has 0 aromatic heterocycles. The van der Waals surface area contributed by atoms with Crippen LogP contribution in [0.15, 0.2) is 65.9 Å². The van der Waals surface area contributed by atoms with Crippen LogP contribution in [0, 0.1) is 0 Å². The zero-order valence-electron chi connectivity index (χ0n) is 11.6. The summed E-state index contributed by atoms with van der Waals surface area (Å²) in [5, 5.41) is 0. The van der Waals surface area contributed by atoms with E-state index in [1.807, 2.05) is 13.0 Å². The van der Waals surface area contributed by atoms with E-state index >= 15 is 0 Å². The highest BCUT2D eigenvalue weighted by molar-refractivity contribution is 5.31. The van der Waals surface area contributed by atoms with Gasteiger partial charge < -0.3 is 5.73 Å². The molecule has 0 spiro atoms. The Balaban J connectivity index is 2.02. The zero-order valence-corrected chi connectivity index (χ0v) is 11.6. The third-order valence-electron chi connectivity index (χ3n) is 3.32. The molecule has 2 rings (SSSR count). The lowest BCUT2D eigenvalue weighted by Crippen LogP contribution is -2.32. The normalized spacial score (nSPS) is 17.1. The minimum atomic E-state index is 0.921. The number of hydrogen-bond acceptors (Lipinski definition) is 2. The second-order valence-electron chi connectivity index (χ2n) is 5.18. The lowest BCUT2D eigenvalue weighted by Gasteiger charge is -2.28. The van der Waals surface area contributed by atoms with Gasteiger partial charge in [0.2, 0.25) is 0 Å². The summed E-state index contributed by atoms with van der Waals surface area (Å²) in [6.45, 7) is 8.82. The van der Waals surface area contributed by atoms with Crippen molar-refractivity contribution in [1.29, 1.82) is 0 Å². The first kappa shape index (κ1) is 13.6. The van der Waals surface area contributed by atoms with E-state index in [0.29, 0.717) is 0 Å². The van der Waals surface area contributed by atoms with E-state index in [1.54, 1.807) is 0 Å². The first-order valence-corrected chi connectivity index (χ1v) is 6.72. The van der Waals surface area contributed by atoms with Crippen molar-refractivity contribution in [3.63, 3.8) is 0 Å². The molecule has 0 fully saturated rings. The maximum Gasteiger partial charge on any atom is 0.0254 e. The molecule has 2 heteroatoms. The number of rotatable bonds is 4. The molecule has 0 bridgehead atoms. The van der Waals surface area contributed by atoms with E-state index in [2.05, 4.69) is 47.9 Å². The van der Waals surface area contributed by atoms with Crippen LogP contribution in [0.3, 0.4) is 0 Å². The molecular weight excluding hydrogens is 232 g/mol. The molecule has 2 N–H and O–H groups in total. The van der Waals surface area contributed by atoms with Crippen LogP contribution in [-0.2, 0) is 6.54 Å². The highest BCUT2D eigenvalue weighted by Gasteiger charge is 2.15. The first-order chi connectivity index (χ1) is 9.15. The third-order valence-corrected chi connectivity index (χ3v) is 3.32. The van der Waals surface area contributed by atoms with Gasteiger partial charge in [-0.1, -0.05) is 54.6 Å². The van der Waals surface area contributed by atoms with Crippen LogP contribution in [0.5, 0.6) is 0 Å². The molecule has 0 unspecified atom stereocenters. The average molecular weight is 254 g/mol. The molecule has 0 saturated carbocycles. The Morgan fingerprint density at radius 2 is 2.11 bits per heavy atom. The molecule has 100 valence electrons. The van der Waals surface area contributed by atoms with Gasteiger partial charge in [0, 0.05) is 25.3 Å². The van der Waals surface area contributed by atoms with E-state index in [0.717, 1.165) is 37.3 Å². The molecule has 19 heavy (non-hydrogen) atoms. The Morgan fingerprint density at radius 1 is 1.37 bits per heavy atom. The summed E-state index contributed by atoms with van der Waals surface area (Å²) in [5.74, 6) is 0. The molecule has 0 amide bonds. The number of hydrogen-bond donors (Lipinski definition) is 1. The van der Waals surface area contributed by atoms with Crippen molar-refractivity contribution in [1.82, 2.24) is 4.90 Å². The highest BCUT2D eigenvalue weighted by Crippen LogP contribution is 2.18. The number of benzene rings is 1.